The van der Waals surface area contributed by atoms with E-state index in [0.29, 0.717) is 22.1 Å². The lowest BCUT2D eigenvalue weighted by Gasteiger charge is -2.11. The van der Waals surface area contributed by atoms with Gasteiger partial charge in [0.05, 0.1) is 22.1 Å². The molecule has 0 atom stereocenters. The number of nitrogens with two attached hydrogens (primary N) is 1. The van der Waals surface area contributed by atoms with Gasteiger partial charge < -0.3 is 21.3 Å². The van der Waals surface area contributed by atoms with Crippen molar-refractivity contribution in [3.05, 3.63) is 41.4 Å². The third-order valence-corrected chi connectivity index (χ3v) is 2.57. The van der Waals surface area contributed by atoms with Crippen LogP contribution in [0.3, 0.4) is 0 Å². The highest BCUT2D eigenvalue weighted by Crippen LogP contribution is 2.32. The van der Waals surface area contributed by atoms with Crippen LogP contribution in [0.5, 0.6) is 11.5 Å². The van der Waals surface area contributed by atoms with Crippen LogP contribution in [-0.4, -0.2) is 10.2 Å². The Morgan fingerprint density at radius 3 is 2.29 bits per heavy atom. The molecule has 0 saturated heterocycles. The Hall–Kier alpha value is -2.07. The number of hydrogen-bond donors (Lipinski definition) is 4. The molecular formula is C12H11ClN2O2. The molecule has 0 aliphatic rings. The molecule has 0 aliphatic carbocycles. The summed E-state index contributed by atoms with van der Waals surface area (Å²) in [6, 6.07) is 9.14. The van der Waals surface area contributed by atoms with Crippen LogP contribution >= 0.6 is 11.6 Å². The first-order valence-corrected chi connectivity index (χ1v) is 5.28. The van der Waals surface area contributed by atoms with Gasteiger partial charge in [0, 0.05) is 12.1 Å². The summed E-state index contributed by atoms with van der Waals surface area (Å²) in [6.45, 7) is 0. The smallest absolute Gasteiger partial charge is 0.117 e. The predicted molar refractivity (Wildman–Crippen MR) is 68.9 cm³/mol. The summed E-state index contributed by atoms with van der Waals surface area (Å²) < 4.78 is 0. The maximum atomic E-state index is 9.36. The van der Waals surface area contributed by atoms with E-state index in [2.05, 4.69) is 5.32 Å². The van der Waals surface area contributed by atoms with Gasteiger partial charge in [-0.25, -0.2) is 0 Å². The van der Waals surface area contributed by atoms with Crippen LogP contribution in [0.25, 0.3) is 0 Å². The summed E-state index contributed by atoms with van der Waals surface area (Å²) in [4.78, 5) is 0. The molecule has 0 unspecified atom stereocenters. The average Bonchev–Trinajstić information content (AvgIpc) is 2.27. The Morgan fingerprint density at radius 2 is 1.59 bits per heavy atom. The summed E-state index contributed by atoms with van der Waals surface area (Å²) >= 11 is 5.95. The number of rotatable bonds is 2. The van der Waals surface area contributed by atoms with Crippen molar-refractivity contribution < 1.29 is 10.2 Å². The van der Waals surface area contributed by atoms with Gasteiger partial charge in [-0.2, -0.15) is 0 Å². The minimum absolute atomic E-state index is 0.0874. The van der Waals surface area contributed by atoms with Crippen LogP contribution in [0.2, 0.25) is 5.02 Å². The van der Waals surface area contributed by atoms with E-state index in [1.165, 1.54) is 24.3 Å². The number of anilines is 3. The van der Waals surface area contributed by atoms with E-state index in [9.17, 15) is 10.2 Å². The van der Waals surface area contributed by atoms with Crippen LogP contribution in [0.1, 0.15) is 0 Å². The standard InChI is InChI=1S/C12H11ClN2O2/c13-9-5-7(16)2-4-11(9)15-12-6-8(17)1-3-10(12)14/h1-6,15-17H,14H2. The highest BCUT2D eigenvalue weighted by atomic mass is 35.5. The van der Waals surface area contributed by atoms with Crippen LogP contribution in [0, 0.1) is 0 Å². The van der Waals surface area contributed by atoms with Gasteiger partial charge in [-0.15, -0.1) is 0 Å². The van der Waals surface area contributed by atoms with E-state index >= 15 is 0 Å². The van der Waals surface area contributed by atoms with E-state index in [1.807, 2.05) is 0 Å². The molecule has 0 aliphatic heterocycles. The molecule has 2 aromatic rings. The Kier molecular flexibility index (Phi) is 2.97. The first-order valence-electron chi connectivity index (χ1n) is 4.90. The summed E-state index contributed by atoms with van der Waals surface area (Å²) in [5.41, 5.74) is 7.40. The Labute approximate surface area is 103 Å². The number of nitrogens with one attached hydrogen (secondary N) is 1. The molecule has 0 fully saturated rings. The normalized spacial score (nSPS) is 10.2. The van der Waals surface area contributed by atoms with E-state index in [0.717, 1.165) is 0 Å². The lowest BCUT2D eigenvalue weighted by atomic mass is 10.2. The van der Waals surface area contributed by atoms with Crippen LogP contribution < -0.4 is 11.1 Å². The fraction of sp³-hybridized carbons (Fsp3) is 0. The number of phenols is 2. The molecule has 0 spiro atoms. The molecule has 5 N–H and O–H groups in total. The minimum Gasteiger partial charge on any atom is -0.508 e. The fourth-order valence-electron chi connectivity index (χ4n) is 1.40. The molecular weight excluding hydrogens is 240 g/mol. The van der Waals surface area contributed by atoms with Crippen molar-refractivity contribution in [3.8, 4) is 11.5 Å². The van der Waals surface area contributed by atoms with Gasteiger partial charge in [0.25, 0.3) is 0 Å². The van der Waals surface area contributed by atoms with Gasteiger partial charge in [-0.3, -0.25) is 0 Å². The molecule has 0 bridgehead atoms. The van der Waals surface area contributed by atoms with Crippen molar-refractivity contribution in [2.24, 2.45) is 0 Å². The van der Waals surface area contributed by atoms with E-state index in [1.54, 1.807) is 12.1 Å². The second-order valence-corrected chi connectivity index (χ2v) is 3.97. The van der Waals surface area contributed by atoms with Crippen molar-refractivity contribution in [2.45, 2.75) is 0 Å². The molecule has 17 heavy (non-hydrogen) atoms. The second kappa shape index (κ2) is 4.43. The summed E-state index contributed by atoms with van der Waals surface area (Å²) in [5, 5.41) is 21.9. The summed E-state index contributed by atoms with van der Waals surface area (Å²) in [5.74, 6) is 0.195. The monoisotopic (exact) mass is 250 g/mol. The van der Waals surface area contributed by atoms with Gasteiger partial charge in [0.2, 0.25) is 0 Å². The number of aromatic hydroxyl groups is 2. The highest BCUT2D eigenvalue weighted by Gasteiger charge is 2.05. The summed E-state index contributed by atoms with van der Waals surface area (Å²) in [7, 11) is 0. The van der Waals surface area contributed by atoms with Crippen molar-refractivity contribution in [1.29, 1.82) is 0 Å². The molecule has 2 aromatic carbocycles. The SMILES string of the molecule is Nc1ccc(O)cc1Nc1ccc(O)cc1Cl. The molecule has 0 saturated carbocycles. The molecule has 5 heteroatoms. The zero-order chi connectivity index (χ0) is 12.4. The van der Waals surface area contributed by atoms with Crippen molar-refractivity contribution in [3.63, 3.8) is 0 Å². The van der Waals surface area contributed by atoms with E-state index in [-0.39, 0.29) is 11.5 Å². The Bertz CT molecular complexity index is 558. The molecule has 0 radical (unpaired) electrons. The predicted octanol–water partition coefficient (Wildman–Crippen LogP) is 3.08. The van der Waals surface area contributed by atoms with Gasteiger partial charge in [0.15, 0.2) is 0 Å². The zero-order valence-corrected chi connectivity index (χ0v) is 9.57. The molecule has 2 rings (SSSR count). The maximum absolute atomic E-state index is 9.36. The molecule has 0 heterocycles. The number of hydrogen-bond acceptors (Lipinski definition) is 4. The van der Waals surface area contributed by atoms with Gasteiger partial charge >= 0.3 is 0 Å². The topological polar surface area (TPSA) is 78.5 Å². The average molecular weight is 251 g/mol. The van der Waals surface area contributed by atoms with Crippen LogP contribution in [-0.2, 0) is 0 Å². The Balaban J connectivity index is 2.34. The van der Waals surface area contributed by atoms with Gasteiger partial charge in [-0.1, -0.05) is 11.6 Å². The highest BCUT2D eigenvalue weighted by molar-refractivity contribution is 6.33. The van der Waals surface area contributed by atoms with Crippen molar-refractivity contribution in [1.82, 2.24) is 0 Å². The van der Waals surface area contributed by atoms with Crippen LogP contribution in [0.15, 0.2) is 36.4 Å². The third-order valence-electron chi connectivity index (χ3n) is 2.26. The largest absolute Gasteiger partial charge is 0.508 e. The molecule has 0 amide bonds. The van der Waals surface area contributed by atoms with E-state index in [4.69, 9.17) is 17.3 Å². The number of halogens is 1. The fourth-order valence-corrected chi connectivity index (χ4v) is 1.63. The zero-order valence-electron chi connectivity index (χ0n) is 8.81. The lowest BCUT2D eigenvalue weighted by Crippen LogP contribution is -1.96. The second-order valence-electron chi connectivity index (χ2n) is 3.56. The molecule has 0 aromatic heterocycles. The van der Waals surface area contributed by atoms with Crippen LogP contribution in [0.4, 0.5) is 17.1 Å². The van der Waals surface area contributed by atoms with Crippen molar-refractivity contribution in [2.75, 3.05) is 11.1 Å². The number of nitrogen functional groups attached to an aromatic ring is 1. The third kappa shape index (κ3) is 2.54. The number of phenolic OH excluding ortho intramolecular Hbond substituents is 2. The quantitative estimate of drug-likeness (QED) is 0.488. The number of benzene rings is 2. The maximum Gasteiger partial charge on any atom is 0.117 e. The van der Waals surface area contributed by atoms with Crippen molar-refractivity contribution >= 4 is 28.7 Å². The van der Waals surface area contributed by atoms with E-state index < -0.39 is 0 Å². The molecule has 88 valence electrons. The minimum atomic E-state index is 0.0874. The van der Waals surface area contributed by atoms with Gasteiger partial charge in [-0.05, 0) is 24.3 Å². The Morgan fingerprint density at radius 1 is 0.941 bits per heavy atom. The summed E-state index contributed by atoms with van der Waals surface area (Å²) in [6.07, 6.45) is 0. The van der Waals surface area contributed by atoms with Gasteiger partial charge in [0.1, 0.15) is 11.5 Å². The molecule has 4 nitrogen and oxygen atoms in total. The first kappa shape index (κ1) is 11.4. The first-order chi connectivity index (χ1) is 8.06. The lowest BCUT2D eigenvalue weighted by molar-refractivity contribution is 0.475.